The number of ether oxygens (including phenoxy) is 2. The number of ketones is 1. The van der Waals surface area contributed by atoms with E-state index in [1.807, 2.05) is 0 Å². The van der Waals surface area contributed by atoms with Crippen molar-refractivity contribution in [3.63, 3.8) is 0 Å². The van der Waals surface area contributed by atoms with Gasteiger partial charge in [0.2, 0.25) is 11.7 Å². The Hall–Kier alpha value is -2.39. The summed E-state index contributed by atoms with van der Waals surface area (Å²) in [6, 6.07) is 1.41. The number of halogens is 1. The molecule has 27 heavy (non-hydrogen) atoms. The summed E-state index contributed by atoms with van der Waals surface area (Å²) in [6.07, 6.45) is 0.230. The van der Waals surface area contributed by atoms with E-state index >= 15 is 0 Å². The van der Waals surface area contributed by atoms with Crippen molar-refractivity contribution >= 4 is 33.4 Å². The highest BCUT2D eigenvalue weighted by Gasteiger charge is 2.27. The predicted molar refractivity (Wildman–Crippen MR) is 98.3 cm³/mol. The van der Waals surface area contributed by atoms with Crippen molar-refractivity contribution in [2.75, 3.05) is 12.9 Å². The number of carbonyl (C=O) groups is 2. The maximum absolute atomic E-state index is 13.0. The van der Waals surface area contributed by atoms with Crippen LogP contribution in [0.15, 0.2) is 17.2 Å². The quantitative estimate of drug-likeness (QED) is 0.547. The van der Waals surface area contributed by atoms with E-state index in [1.165, 1.54) is 30.9 Å². The zero-order chi connectivity index (χ0) is 20.5. The molecule has 0 amide bonds. The van der Waals surface area contributed by atoms with Gasteiger partial charge in [0.05, 0.1) is 29.0 Å². The summed E-state index contributed by atoms with van der Waals surface area (Å²) in [5.41, 5.74) is 0.779. The molecule has 1 heterocycles. The first-order chi connectivity index (χ1) is 12.5. The first kappa shape index (κ1) is 20.9. The molecule has 0 saturated heterocycles. The second-order valence-electron chi connectivity index (χ2n) is 5.78. The van der Waals surface area contributed by atoms with E-state index in [0.29, 0.717) is 11.1 Å². The summed E-state index contributed by atoms with van der Waals surface area (Å²) in [5, 5.41) is 3.94. The Labute approximate surface area is 161 Å². The van der Waals surface area contributed by atoms with Crippen LogP contribution in [-0.4, -0.2) is 43.0 Å². The first-order valence-electron chi connectivity index (χ1n) is 7.90. The van der Waals surface area contributed by atoms with Gasteiger partial charge in [-0.1, -0.05) is 18.5 Å². The number of carbonyl (C=O) groups excluding carboxylic acids is 2. The number of rotatable bonds is 5. The average Bonchev–Trinajstić information content (AvgIpc) is 2.97. The Morgan fingerprint density at radius 2 is 1.89 bits per heavy atom. The van der Waals surface area contributed by atoms with Crippen LogP contribution in [-0.2, 0) is 21.6 Å². The molecule has 0 bridgehead atoms. The van der Waals surface area contributed by atoms with Crippen molar-refractivity contribution in [2.24, 2.45) is 7.05 Å². The number of aryl methyl sites for hydroxylation is 2. The van der Waals surface area contributed by atoms with Gasteiger partial charge in [-0.2, -0.15) is 5.10 Å². The Balaban J connectivity index is 2.61. The monoisotopic (exact) mass is 414 g/mol. The molecule has 2 aromatic rings. The number of sulfone groups is 1. The number of nitrogens with zero attached hydrogens (tertiary/aromatic N) is 2. The molecule has 0 aliphatic carbocycles. The number of methoxy groups -OCH3 is 1. The van der Waals surface area contributed by atoms with E-state index in [1.54, 1.807) is 13.8 Å². The van der Waals surface area contributed by atoms with Crippen LogP contribution in [0.3, 0.4) is 0 Å². The van der Waals surface area contributed by atoms with E-state index < -0.39 is 21.8 Å². The molecule has 2 rings (SSSR count). The smallest absolute Gasteiger partial charge is 0.437 e. The molecule has 0 radical (unpaired) electrons. The maximum Gasteiger partial charge on any atom is 0.514 e. The fourth-order valence-corrected chi connectivity index (χ4v) is 4.40. The zero-order valence-electron chi connectivity index (χ0n) is 15.5. The summed E-state index contributed by atoms with van der Waals surface area (Å²) in [5.74, 6) is -0.750. The minimum atomic E-state index is -3.51. The molecule has 0 aliphatic heterocycles. The van der Waals surface area contributed by atoms with Crippen LogP contribution in [0.1, 0.15) is 34.0 Å². The standard InChI is InChI=1S/C17H19ClN2O6S/c1-6-27(23,24)15-9(2)7-11(13(18)10(15)3)14(21)12-8-19-20(4)16(12)26-17(22)25-5/h7-8H,6H2,1-5H3. The van der Waals surface area contributed by atoms with Gasteiger partial charge in [0, 0.05) is 12.6 Å². The summed E-state index contributed by atoms with van der Waals surface area (Å²) in [4.78, 5) is 24.5. The molecule has 0 unspecified atom stereocenters. The van der Waals surface area contributed by atoms with Gasteiger partial charge in [0.15, 0.2) is 9.84 Å². The van der Waals surface area contributed by atoms with Gasteiger partial charge in [-0.3, -0.25) is 4.79 Å². The number of benzene rings is 1. The van der Waals surface area contributed by atoms with Crippen molar-refractivity contribution in [2.45, 2.75) is 25.7 Å². The highest BCUT2D eigenvalue weighted by atomic mass is 35.5. The fraction of sp³-hybridized carbons (Fsp3) is 0.353. The molecule has 0 saturated carbocycles. The summed E-state index contributed by atoms with van der Waals surface area (Å²) >= 11 is 6.33. The SMILES string of the molecule is CCS(=O)(=O)c1c(C)cc(C(=O)c2cnn(C)c2OC(=O)OC)c(Cl)c1C. The van der Waals surface area contributed by atoms with E-state index in [-0.39, 0.29) is 32.7 Å². The second kappa shape index (κ2) is 7.69. The molecular weight excluding hydrogens is 396 g/mol. The molecule has 146 valence electrons. The minimum absolute atomic E-state index is 0.00491. The van der Waals surface area contributed by atoms with Gasteiger partial charge in [-0.15, -0.1) is 0 Å². The average molecular weight is 415 g/mol. The normalized spacial score (nSPS) is 11.3. The van der Waals surface area contributed by atoms with E-state index in [2.05, 4.69) is 9.84 Å². The van der Waals surface area contributed by atoms with Crippen molar-refractivity contribution in [1.82, 2.24) is 9.78 Å². The third kappa shape index (κ3) is 3.84. The Kier molecular flexibility index (Phi) is 5.96. The van der Waals surface area contributed by atoms with Crippen LogP contribution in [0.5, 0.6) is 5.88 Å². The lowest BCUT2D eigenvalue weighted by molar-refractivity contribution is 0.102. The lowest BCUT2D eigenvalue weighted by Crippen LogP contribution is -2.14. The molecule has 0 fully saturated rings. The molecule has 0 N–H and O–H groups in total. The second-order valence-corrected chi connectivity index (χ2v) is 8.38. The van der Waals surface area contributed by atoms with Crippen LogP contribution in [0.4, 0.5) is 4.79 Å². The van der Waals surface area contributed by atoms with Gasteiger partial charge in [-0.05, 0) is 31.0 Å². The Morgan fingerprint density at radius 1 is 1.26 bits per heavy atom. The van der Waals surface area contributed by atoms with Gasteiger partial charge in [-0.25, -0.2) is 17.9 Å². The third-order valence-electron chi connectivity index (χ3n) is 4.04. The number of hydrogen-bond acceptors (Lipinski definition) is 7. The molecule has 0 atom stereocenters. The zero-order valence-corrected chi connectivity index (χ0v) is 17.1. The highest BCUT2D eigenvalue weighted by Crippen LogP contribution is 2.33. The number of aromatic nitrogens is 2. The maximum atomic E-state index is 13.0. The van der Waals surface area contributed by atoms with Crippen LogP contribution >= 0.6 is 11.6 Å². The molecule has 0 aliphatic rings. The van der Waals surface area contributed by atoms with Crippen molar-refractivity contribution in [3.8, 4) is 5.88 Å². The van der Waals surface area contributed by atoms with Crippen molar-refractivity contribution in [1.29, 1.82) is 0 Å². The lowest BCUT2D eigenvalue weighted by Gasteiger charge is -2.14. The molecule has 10 heteroatoms. The first-order valence-corrected chi connectivity index (χ1v) is 9.93. The van der Waals surface area contributed by atoms with Crippen LogP contribution in [0, 0.1) is 13.8 Å². The molecular formula is C17H19ClN2O6S. The molecule has 1 aromatic carbocycles. The van der Waals surface area contributed by atoms with Crippen molar-refractivity contribution < 1.29 is 27.5 Å². The minimum Gasteiger partial charge on any atom is -0.437 e. The fourth-order valence-electron chi connectivity index (χ4n) is 2.70. The van der Waals surface area contributed by atoms with Gasteiger partial charge >= 0.3 is 6.16 Å². The Bertz CT molecular complexity index is 1030. The van der Waals surface area contributed by atoms with Crippen LogP contribution in [0.2, 0.25) is 5.02 Å². The molecule has 1 aromatic heterocycles. The largest absolute Gasteiger partial charge is 0.514 e. The van der Waals surface area contributed by atoms with Crippen LogP contribution in [0.25, 0.3) is 0 Å². The molecule has 0 spiro atoms. The van der Waals surface area contributed by atoms with E-state index in [4.69, 9.17) is 16.3 Å². The van der Waals surface area contributed by atoms with E-state index in [9.17, 15) is 18.0 Å². The molecule has 8 nitrogen and oxygen atoms in total. The number of hydrogen-bond donors (Lipinski definition) is 0. The Morgan fingerprint density at radius 3 is 2.44 bits per heavy atom. The topological polar surface area (TPSA) is 105 Å². The summed E-state index contributed by atoms with van der Waals surface area (Å²) in [7, 11) is -0.885. The summed E-state index contributed by atoms with van der Waals surface area (Å²) < 4.78 is 35.3. The predicted octanol–water partition coefficient (Wildman–Crippen LogP) is 2.86. The van der Waals surface area contributed by atoms with Crippen molar-refractivity contribution in [3.05, 3.63) is 39.5 Å². The van der Waals surface area contributed by atoms with Gasteiger partial charge < -0.3 is 9.47 Å². The summed E-state index contributed by atoms with van der Waals surface area (Å²) in [6.45, 7) is 4.68. The highest BCUT2D eigenvalue weighted by molar-refractivity contribution is 7.91. The van der Waals surface area contributed by atoms with Crippen LogP contribution < -0.4 is 4.74 Å². The van der Waals surface area contributed by atoms with Gasteiger partial charge in [0.25, 0.3) is 0 Å². The van der Waals surface area contributed by atoms with E-state index in [0.717, 1.165) is 7.11 Å². The third-order valence-corrected chi connectivity index (χ3v) is 6.53. The lowest BCUT2D eigenvalue weighted by atomic mass is 10.0. The van der Waals surface area contributed by atoms with Gasteiger partial charge in [0.1, 0.15) is 5.56 Å².